The van der Waals surface area contributed by atoms with Crippen LogP contribution in [0.3, 0.4) is 0 Å². The van der Waals surface area contributed by atoms with E-state index in [9.17, 15) is 19.5 Å². The Balaban J connectivity index is 4.32. The highest BCUT2D eigenvalue weighted by Gasteiger charge is 2.22. The molecule has 0 aliphatic carbocycles. The number of hydrogen-bond donors (Lipinski definition) is 0. The molecule has 0 spiro atoms. The Morgan fingerprint density at radius 1 is 0.411 bits per heavy atom. The van der Waals surface area contributed by atoms with Crippen LogP contribution in [0, 0.1) is 0 Å². The van der Waals surface area contributed by atoms with Gasteiger partial charge in [-0.25, -0.2) is 0 Å². The van der Waals surface area contributed by atoms with Crippen LogP contribution in [0.5, 0.6) is 0 Å². The van der Waals surface area contributed by atoms with Gasteiger partial charge in [-0.05, 0) is 103 Å². The van der Waals surface area contributed by atoms with Gasteiger partial charge in [-0.15, -0.1) is 0 Å². The average Bonchev–Trinajstić information content (AvgIpc) is 3.36. The number of carboxylic acids is 1. The first-order valence-electron chi connectivity index (χ1n) is 28.7. The Kier molecular flexibility index (Phi) is 50.8. The Hall–Kier alpha value is -4.31. The fourth-order valence-corrected chi connectivity index (χ4v) is 7.35. The highest BCUT2D eigenvalue weighted by Crippen LogP contribution is 2.15. The van der Waals surface area contributed by atoms with Crippen molar-refractivity contribution >= 4 is 17.9 Å². The molecule has 9 nitrogen and oxygen atoms in total. The molecule has 0 saturated heterocycles. The van der Waals surface area contributed by atoms with Crippen LogP contribution in [0.25, 0.3) is 0 Å². The van der Waals surface area contributed by atoms with E-state index in [2.05, 4.69) is 135 Å². The van der Waals surface area contributed by atoms with Gasteiger partial charge in [-0.1, -0.05) is 212 Å². The van der Waals surface area contributed by atoms with Crippen LogP contribution in [0.15, 0.2) is 122 Å². The van der Waals surface area contributed by atoms with Gasteiger partial charge >= 0.3 is 11.9 Å². The lowest BCUT2D eigenvalue weighted by atomic mass is 10.0. The standard InChI is InChI=1S/C64H105NO8/c1-6-8-10-12-14-16-18-20-22-24-26-28-29-30-31-32-33-35-37-39-41-43-45-47-49-51-53-55-62(67)73-60(59-72-64(63(68)69)70-57-56-65(3,4)5)58-71-61(66)54-52-50-48-46-44-42-40-38-36-34-27-25-23-21-19-17-15-13-11-9-7-2/h8-11,14-17,20-23,26-28,30-31,34,38,40,60,64H,6-7,12-13,18-19,24-25,29,32-33,35-37,39,41-59H2,1-5H3/b10-8-,11-9-,16-14-,17-15-,22-20-,23-21-,28-26-,31-30-,34-27-,40-38-. The summed E-state index contributed by atoms with van der Waals surface area (Å²) in [4.78, 5) is 37.3. The quantitative estimate of drug-likeness (QED) is 0.0195. The van der Waals surface area contributed by atoms with E-state index >= 15 is 0 Å². The summed E-state index contributed by atoms with van der Waals surface area (Å²) in [5, 5.41) is 11.8. The zero-order chi connectivity index (χ0) is 53.4. The minimum absolute atomic E-state index is 0.137. The lowest BCUT2D eigenvalue weighted by Crippen LogP contribution is -2.44. The van der Waals surface area contributed by atoms with E-state index < -0.39 is 24.3 Å². The van der Waals surface area contributed by atoms with Gasteiger partial charge in [-0.2, -0.15) is 0 Å². The van der Waals surface area contributed by atoms with Gasteiger partial charge in [0.05, 0.1) is 40.3 Å². The van der Waals surface area contributed by atoms with Gasteiger partial charge in [0, 0.05) is 12.8 Å². The minimum atomic E-state index is -1.63. The predicted molar refractivity (Wildman–Crippen MR) is 306 cm³/mol. The molecule has 0 aromatic heterocycles. The van der Waals surface area contributed by atoms with Crippen molar-refractivity contribution in [3.05, 3.63) is 122 Å². The summed E-state index contributed by atoms with van der Waals surface area (Å²) in [6.45, 7) is 4.48. The smallest absolute Gasteiger partial charge is 0.306 e. The number of esters is 2. The third-order valence-corrected chi connectivity index (χ3v) is 11.7. The van der Waals surface area contributed by atoms with Crippen molar-refractivity contribution in [3.8, 4) is 0 Å². The van der Waals surface area contributed by atoms with Gasteiger partial charge in [0.15, 0.2) is 12.4 Å². The van der Waals surface area contributed by atoms with Crippen molar-refractivity contribution in [1.82, 2.24) is 0 Å². The van der Waals surface area contributed by atoms with E-state index in [-0.39, 0.29) is 38.6 Å². The number of aliphatic carboxylic acids is 1. The highest BCUT2D eigenvalue weighted by molar-refractivity contribution is 5.70. The molecule has 0 heterocycles. The largest absolute Gasteiger partial charge is 0.545 e. The van der Waals surface area contributed by atoms with E-state index in [0.717, 1.165) is 122 Å². The maximum absolute atomic E-state index is 12.9. The molecule has 0 aromatic carbocycles. The van der Waals surface area contributed by atoms with Crippen LogP contribution in [-0.2, 0) is 33.3 Å². The molecule has 0 aliphatic heterocycles. The number of quaternary nitrogens is 1. The molecule has 0 fully saturated rings. The van der Waals surface area contributed by atoms with Crippen molar-refractivity contribution in [2.45, 2.75) is 219 Å². The Morgan fingerprint density at radius 2 is 0.740 bits per heavy atom. The molecule has 0 rings (SSSR count). The van der Waals surface area contributed by atoms with Crippen molar-refractivity contribution in [2.75, 3.05) is 47.5 Å². The normalized spacial score (nSPS) is 13.7. The second kappa shape index (κ2) is 54.0. The summed E-state index contributed by atoms with van der Waals surface area (Å²) < 4.78 is 22.7. The fraction of sp³-hybridized carbons (Fsp3) is 0.641. The summed E-state index contributed by atoms with van der Waals surface area (Å²) >= 11 is 0. The van der Waals surface area contributed by atoms with Crippen molar-refractivity contribution in [2.24, 2.45) is 0 Å². The molecular formula is C64H105NO8. The lowest BCUT2D eigenvalue weighted by molar-refractivity contribution is -0.870. The molecule has 9 heteroatoms. The van der Waals surface area contributed by atoms with E-state index in [1.165, 1.54) is 44.9 Å². The van der Waals surface area contributed by atoms with Crippen molar-refractivity contribution in [3.63, 3.8) is 0 Å². The van der Waals surface area contributed by atoms with Gasteiger partial charge in [-0.3, -0.25) is 9.59 Å². The van der Waals surface area contributed by atoms with E-state index in [1.807, 2.05) is 21.1 Å². The number of carbonyl (C=O) groups excluding carboxylic acids is 3. The van der Waals surface area contributed by atoms with Crippen LogP contribution in [0.1, 0.15) is 206 Å². The number of rotatable bonds is 51. The Labute approximate surface area is 447 Å². The maximum Gasteiger partial charge on any atom is 0.306 e. The zero-order valence-electron chi connectivity index (χ0n) is 47.0. The first-order chi connectivity index (χ1) is 35.6. The summed E-state index contributed by atoms with van der Waals surface area (Å²) in [6, 6.07) is 0. The Morgan fingerprint density at radius 3 is 1.10 bits per heavy atom. The number of carboxylic acid groups (broad SMARTS) is 1. The fourth-order valence-electron chi connectivity index (χ4n) is 7.35. The minimum Gasteiger partial charge on any atom is -0.545 e. The number of likely N-dealkylation sites (N-methyl/N-ethyl adjacent to an activating group) is 1. The molecule has 2 unspecified atom stereocenters. The molecule has 0 radical (unpaired) electrons. The highest BCUT2D eigenvalue weighted by atomic mass is 16.7. The summed E-state index contributed by atoms with van der Waals surface area (Å²) in [5.41, 5.74) is 0. The molecule has 414 valence electrons. The zero-order valence-corrected chi connectivity index (χ0v) is 47.0. The number of unbranched alkanes of at least 4 members (excludes halogenated alkanes) is 16. The molecule has 0 aliphatic rings. The number of carbonyl (C=O) groups is 3. The van der Waals surface area contributed by atoms with Gasteiger partial charge in [0.2, 0.25) is 0 Å². The van der Waals surface area contributed by atoms with Gasteiger partial charge < -0.3 is 33.3 Å². The number of nitrogens with zero attached hydrogens (tertiary/aromatic N) is 1. The number of ether oxygens (including phenoxy) is 4. The van der Waals surface area contributed by atoms with Crippen LogP contribution in [0.2, 0.25) is 0 Å². The Bertz CT molecular complexity index is 1610. The lowest BCUT2D eigenvalue weighted by Gasteiger charge is -2.26. The van der Waals surface area contributed by atoms with E-state index in [4.69, 9.17) is 18.9 Å². The number of allylic oxidation sites excluding steroid dienone is 20. The molecule has 73 heavy (non-hydrogen) atoms. The first kappa shape index (κ1) is 68.7. The van der Waals surface area contributed by atoms with Crippen molar-refractivity contribution in [1.29, 1.82) is 0 Å². The van der Waals surface area contributed by atoms with E-state index in [0.29, 0.717) is 23.9 Å². The number of hydrogen-bond acceptors (Lipinski definition) is 8. The predicted octanol–water partition coefficient (Wildman–Crippen LogP) is 15.6. The van der Waals surface area contributed by atoms with Crippen molar-refractivity contribution < 1.29 is 42.9 Å². The molecule has 0 bridgehead atoms. The summed E-state index contributed by atoms with van der Waals surface area (Å²) in [7, 11) is 5.90. The average molecular weight is 1020 g/mol. The van der Waals surface area contributed by atoms with Crippen LogP contribution in [0.4, 0.5) is 0 Å². The van der Waals surface area contributed by atoms with Crippen LogP contribution >= 0.6 is 0 Å². The molecule has 0 saturated carbocycles. The third-order valence-electron chi connectivity index (χ3n) is 11.7. The second-order valence-corrected chi connectivity index (χ2v) is 19.8. The monoisotopic (exact) mass is 1020 g/mol. The van der Waals surface area contributed by atoms with Crippen LogP contribution < -0.4 is 5.11 Å². The van der Waals surface area contributed by atoms with Gasteiger partial charge in [0.1, 0.15) is 13.2 Å². The summed E-state index contributed by atoms with van der Waals surface area (Å²) in [5.74, 6) is -2.33. The maximum atomic E-state index is 12.9. The first-order valence-corrected chi connectivity index (χ1v) is 28.7. The third kappa shape index (κ3) is 55.3. The molecule has 0 amide bonds. The molecule has 0 aromatic rings. The van der Waals surface area contributed by atoms with Gasteiger partial charge in [0.25, 0.3) is 0 Å². The SMILES string of the molecule is CC/C=C\C/C=C\C/C=C\C/C=C\C/C=C\CCCCCCCCCCCCCC(=O)OC(COC(=O)CCCCCCC/C=C\C/C=C\C/C=C\C/C=C\C/C=C\CC)COC(OCC[N+](C)(C)C)C(=O)[O-]. The molecular weight excluding hydrogens is 911 g/mol. The topological polar surface area (TPSA) is 111 Å². The van der Waals surface area contributed by atoms with E-state index in [1.54, 1.807) is 0 Å². The molecule has 0 N–H and O–H groups in total. The van der Waals surface area contributed by atoms with Crippen LogP contribution in [-0.4, -0.2) is 82.3 Å². The summed E-state index contributed by atoms with van der Waals surface area (Å²) in [6.07, 6.45) is 72.4. The molecule has 2 atom stereocenters. The second-order valence-electron chi connectivity index (χ2n) is 19.8.